The first kappa shape index (κ1) is 33.6. The summed E-state index contributed by atoms with van der Waals surface area (Å²) in [5.74, 6) is -0.479. The maximum absolute atomic E-state index is 14.4. The molecule has 0 aliphatic heterocycles. The molecule has 9 nitrogen and oxygen atoms in total. The molecule has 236 valence electrons. The summed E-state index contributed by atoms with van der Waals surface area (Å²) in [6.45, 7) is -0.629. The van der Waals surface area contributed by atoms with Gasteiger partial charge < -0.3 is 19.7 Å². The van der Waals surface area contributed by atoms with Crippen LogP contribution in [0.3, 0.4) is 0 Å². The number of hydrogen-bond acceptors (Lipinski definition) is 6. The molecule has 45 heavy (non-hydrogen) atoms. The van der Waals surface area contributed by atoms with Gasteiger partial charge in [-0.05, 0) is 59.7 Å². The molecule has 2 amide bonds. The minimum atomic E-state index is -4.36. The summed E-state index contributed by atoms with van der Waals surface area (Å²) >= 11 is 12.4. The van der Waals surface area contributed by atoms with E-state index >= 15 is 0 Å². The number of halogens is 2. The van der Waals surface area contributed by atoms with Crippen LogP contribution in [-0.2, 0) is 32.6 Å². The van der Waals surface area contributed by atoms with Crippen LogP contribution >= 0.6 is 23.2 Å². The summed E-state index contributed by atoms with van der Waals surface area (Å²) in [5.41, 5.74) is 1.69. The van der Waals surface area contributed by atoms with Crippen molar-refractivity contribution >= 4 is 50.7 Å². The lowest BCUT2D eigenvalue weighted by Gasteiger charge is -2.33. The average Bonchev–Trinajstić information content (AvgIpc) is 3.05. The Bertz CT molecular complexity index is 1740. The predicted molar refractivity (Wildman–Crippen MR) is 176 cm³/mol. The summed E-state index contributed by atoms with van der Waals surface area (Å²) in [5, 5.41) is 3.50. The van der Waals surface area contributed by atoms with E-state index < -0.39 is 34.4 Å². The monoisotopic (exact) mass is 669 g/mol. The van der Waals surface area contributed by atoms with Gasteiger partial charge in [-0.25, -0.2) is 8.42 Å². The number of nitrogens with one attached hydrogen (secondary N) is 1. The van der Waals surface area contributed by atoms with Gasteiger partial charge in [-0.15, -0.1) is 0 Å². The van der Waals surface area contributed by atoms with Crippen LogP contribution in [0.2, 0.25) is 10.0 Å². The van der Waals surface area contributed by atoms with Crippen molar-refractivity contribution in [3.8, 4) is 11.5 Å². The van der Waals surface area contributed by atoms with Gasteiger partial charge in [0.25, 0.3) is 10.0 Å². The molecule has 0 unspecified atom stereocenters. The number of rotatable bonds is 13. The Labute approximate surface area is 273 Å². The Morgan fingerprint density at radius 1 is 0.800 bits per heavy atom. The second kappa shape index (κ2) is 15.2. The molecule has 0 radical (unpaired) electrons. The number of hydrogen-bond donors (Lipinski definition) is 1. The second-order valence-corrected chi connectivity index (χ2v) is 12.7. The van der Waals surface area contributed by atoms with Crippen molar-refractivity contribution in [1.82, 2.24) is 10.2 Å². The molecule has 0 saturated carbocycles. The van der Waals surface area contributed by atoms with E-state index in [0.717, 1.165) is 9.87 Å². The van der Waals surface area contributed by atoms with E-state index in [2.05, 4.69) is 5.32 Å². The maximum Gasteiger partial charge on any atom is 0.264 e. The van der Waals surface area contributed by atoms with Gasteiger partial charge in [0.1, 0.15) is 12.6 Å². The highest BCUT2D eigenvalue weighted by Crippen LogP contribution is 2.33. The zero-order chi connectivity index (χ0) is 32.6. The molecule has 0 aromatic heterocycles. The van der Waals surface area contributed by atoms with Gasteiger partial charge in [-0.3, -0.25) is 13.9 Å². The first-order valence-corrected chi connectivity index (χ1v) is 16.1. The minimum absolute atomic E-state index is 0.00478. The number of amides is 2. The number of nitrogens with zero attached hydrogens (tertiary/aromatic N) is 2. The van der Waals surface area contributed by atoms with Crippen LogP contribution in [-0.4, -0.2) is 59.0 Å². The molecular formula is C33H33Cl2N3O6S. The molecular weight excluding hydrogens is 637 g/mol. The van der Waals surface area contributed by atoms with Gasteiger partial charge in [-0.2, -0.15) is 0 Å². The van der Waals surface area contributed by atoms with Crippen LogP contribution in [0.5, 0.6) is 11.5 Å². The lowest BCUT2D eigenvalue weighted by atomic mass is 10.0. The fourth-order valence-electron chi connectivity index (χ4n) is 4.79. The minimum Gasteiger partial charge on any atom is -0.493 e. The molecule has 1 atom stereocenters. The number of sulfonamides is 1. The number of methoxy groups -OCH3 is 2. The van der Waals surface area contributed by atoms with E-state index in [9.17, 15) is 18.0 Å². The topological polar surface area (TPSA) is 105 Å². The van der Waals surface area contributed by atoms with Crippen LogP contribution in [0.1, 0.15) is 11.1 Å². The highest BCUT2D eigenvalue weighted by Gasteiger charge is 2.34. The lowest BCUT2D eigenvalue weighted by molar-refractivity contribution is -0.139. The van der Waals surface area contributed by atoms with Crippen molar-refractivity contribution in [1.29, 1.82) is 0 Å². The third kappa shape index (κ3) is 8.27. The smallest absolute Gasteiger partial charge is 0.264 e. The van der Waals surface area contributed by atoms with Crippen LogP contribution in [0, 0.1) is 0 Å². The largest absolute Gasteiger partial charge is 0.493 e. The summed E-state index contributed by atoms with van der Waals surface area (Å²) in [6, 6.07) is 25.5. The standard InChI is InChI=1S/C33H33Cl2N3O6S/c1-36-33(40)29(19-23-8-5-4-6-9-23)37(21-24-10-7-11-26(35)18-24)32(39)22-38(27-14-12-25(34)13-15-27)45(41,42)28-16-17-30(43-2)31(20-28)44-3/h4-18,20,29H,19,21-22H2,1-3H3,(H,36,40)/t29-/m0/s1. The third-order valence-electron chi connectivity index (χ3n) is 7.10. The molecule has 4 aromatic carbocycles. The normalized spacial score (nSPS) is 11.8. The number of likely N-dealkylation sites (N-methyl/N-ethyl adjacent to an activating group) is 1. The van der Waals surface area contributed by atoms with E-state index in [-0.39, 0.29) is 29.3 Å². The molecule has 0 saturated heterocycles. The Morgan fingerprint density at radius 3 is 2.09 bits per heavy atom. The molecule has 0 fully saturated rings. The SMILES string of the molecule is CNC(=O)[C@H](Cc1ccccc1)N(Cc1cccc(Cl)c1)C(=O)CN(c1ccc(Cl)cc1)S(=O)(=O)c1ccc(OC)c(OC)c1. The zero-order valence-electron chi connectivity index (χ0n) is 24.9. The predicted octanol–water partition coefficient (Wildman–Crippen LogP) is 5.59. The van der Waals surface area contributed by atoms with Crippen LogP contribution in [0.25, 0.3) is 0 Å². The lowest BCUT2D eigenvalue weighted by Crippen LogP contribution is -2.53. The number of anilines is 1. The molecule has 1 N–H and O–H groups in total. The Hall–Kier alpha value is -4.25. The molecule has 4 rings (SSSR count). The Kier molecular flexibility index (Phi) is 11.3. The summed E-state index contributed by atoms with van der Waals surface area (Å²) in [6.07, 6.45) is 0.191. The van der Waals surface area contributed by atoms with Gasteiger partial charge in [0, 0.05) is 36.1 Å². The van der Waals surface area contributed by atoms with E-state index in [0.29, 0.717) is 21.4 Å². The van der Waals surface area contributed by atoms with Crippen molar-refractivity contribution in [2.45, 2.75) is 23.9 Å². The molecule has 4 aromatic rings. The first-order chi connectivity index (χ1) is 21.6. The highest BCUT2D eigenvalue weighted by atomic mass is 35.5. The molecule has 0 spiro atoms. The summed E-state index contributed by atoms with van der Waals surface area (Å²) < 4.78 is 40.1. The first-order valence-electron chi connectivity index (χ1n) is 13.9. The van der Waals surface area contributed by atoms with Crippen LogP contribution in [0.4, 0.5) is 5.69 Å². The van der Waals surface area contributed by atoms with Gasteiger partial charge in [0.05, 0.1) is 24.8 Å². The van der Waals surface area contributed by atoms with Crippen molar-refractivity contribution in [2.75, 3.05) is 32.1 Å². The molecule has 12 heteroatoms. The fourth-order valence-corrected chi connectivity index (χ4v) is 6.56. The van der Waals surface area contributed by atoms with Crippen molar-refractivity contribution < 1.29 is 27.5 Å². The van der Waals surface area contributed by atoms with Gasteiger partial charge >= 0.3 is 0 Å². The van der Waals surface area contributed by atoms with Crippen molar-refractivity contribution in [2.24, 2.45) is 0 Å². The summed E-state index contributed by atoms with van der Waals surface area (Å²) in [7, 11) is -0.0287. The zero-order valence-corrected chi connectivity index (χ0v) is 27.3. The molecule has 0 aliphatic carbocycles. The number of benzene rings is 4. The quantitative estimate of drug-likeness (QED) is 0.199. The van der Waals surface area contributed by atoms with Crippen molar-refractivity contribution in [3.63, 3.8) is 0 Å². The van der Waals surface area contributed by atoms with Crippen LogP contribution < -0.4 is 19.1 Å². The third-order valence-corrected chi connectivity index (χ3v) is 9.35. The average molecular weight is 671 g/mol. The number of ether oxygens (including phenoxy) is 2. The number of carbonyl (C=O) groups excluding carboxylic acids is 2. The Balaban J connectivity index is 1.81. The molecule has 0 bridgehead atoms. The van der Waals surface area contributed by atoms with Gasteiger partial charge in [0.2, 0.25) is 11.8 Å². The second-order valence-electron chi connectivity index (χ2n) is 9.98. The van der Waals surface area contributed by atoms with Crippen LogP contribution in [0.15, 0.2) is 102 Å². The summed E-state index contributed by atoms with van der Waals surface area (Å²) in [4.78, 5) is 29.0. The van der Waals surface area contributed by atoms with E-state index in [1.54, 1.807) is 24.3 Å². The Morgan fingerprint density at radius 2 is 1.47 bits per heavy atom. The van der Waals surface area contributed by atoms with Gasteiger partial charge in [-0.1, -0.05) is 65.7 Å². The van der Waals surface area contributed by atoms with Crippen molar-refractivity contribution in [3.05, 3.63) is 118 Å². The fraction of sp³-hybridized carbons (Fsp3) is 0.212. The molecule has 0 heterocycles. The number of carbonyl (C=O) groups is 2. The van der Waals surface area contributed by atoms with E-state index in [1.807, 2.05) is 30.3 Å². The van der Waals surface area contributed by atoms with E-state index in [1.165, 1.54) is 68.6 Å². The van der Waals surface area contributed by atoms with E-state index in [4.69, 9.17) is 32.7 Å². The maximum atomic E-state index is 14.4. The molecule has 0 aliphatic rings. The van der Waals surface area contributed by atoms with Gasteiger partial charge in [0.15, 0.2) is 11.5 Å². The highest BCUT2D eigenvalue weighted by molar-refractivity contribution is 7.92.